The summed E-state index contributed by atoms with van der Waals surface area (Å²) in [5, 5.41) is 4.14. The van der Waals surface area contributed by atoms with Gasteiger partial charge < -0.3 is 15.1 Å². The number of nitrogens with one attached hydrogen (secondary N) is 1. The van der Waals surface area contributed by atoms with Crippen molar-refractivity contribution in [3.05, 3.63) is 40.8 Å². The molecule has 1 saturated carbocycles. The van der Waals surface area contributed by atoms with Gasteiger partial charge in [-0.15, -0.1) is 11.3 Å². The minimum Gasteiger partial charge on any atom is -0.367 e. The second-order valence-corrected chi connectivity index (χ2v) is 11.6. The van der Waals surface area contributed by atoms with E-state index in [-0.39, 0.29) is 17.5 Å². The average Bonchev–Trinajstić information content (AvgIpc) is 3.63. The number of hydrogen-bond acceptors (Lipinski definition) is 7. The SMILES string of the molecule is CN(C)C(=O)c1sc2cnc(Nc3ncc(N4CCN5CCC[C@H]5C4)cc3F)cc2c1C1CCCC1. The van der Waals surface area contributed by atoms with Gasteiger partial charge in [0.25, 0.3) is 5.91 Å². The zero-order valence-corrected chi connectivity index (χ0v) is 21.8. The van der Waals surface area contributed by atoms with Crippen LogP contribution in [0.4, 0.5) is 21.7 Å². The van der Waals surface area contributed by atoms with Gasteiger partial charge in [0.1, 0.15) is 5.82 Å². The fourth-order valence-corrected chi connectivity index (χ4v) is 7.37. The Bertz CT molecular complexity index is 1290. The number of amides is 1. The third-order valence-corrected chi connectivity index (χ3v) is 9.15. The van der Waals surface area contributed by atoms with Gasteiger partial charge >= 0.3 is 0 Å². The number of anilines is 3. The maximum atomic E-state index is 15.2. The molecule has 0 unspecified atom stereocenters. The van der Waals surface area contributed by atoms with E-state index in [9.17, 15) is 4.79 Å². The molecule has 1 aliphatic carbocycles. The molecule has 1 atom stereocenters. The summed E-state index contributed by atoms with van der Waals surface area (Å²) in [6.07, 6.45) is 10.6. The van der Waals surface area contributed by atoms with Crippen LogP contribution in [-0.4, -0.2) is 72.0 Å². The molecule has 0 spiro atoms. The molecule has 1 amide bonds. The quantitative estimate of drug-likeness (QED) is 0.510. The highest BCUT2D eigenvalue weighted by Gasteiger charge is 2.31. The molecule has 36 heavy (non-hydrogen) atoms. The summed E-state index contributed by atoms with van der Waals surface area (Å²) >= 11 is 1.51. The molecule has 5 heterocycles. The van der Waals surface area contributed by atoms with Gasteiger partial charge in [-0.2, -0.15) is 0 Å². The molecule has 0 aromatic carbocycles. The van der Waals surface area contributed by atoms with Gasteiger partial charge in [-0.05, 0) is 49.8 Å². The van der Waals surface area contributed by atoms with Gasteiger partial charge in [-0.3, -0.25) is 9.69 Å². The van der Waals surface area contributed by atoms with E-state index >= 15 is 4.39 Å². The maximum Gasteiger partial charge on any atom is 0.263 e. The second-order valence-electron chi connectivity index (χ2n) is 10.5. The van der Waals surface area contributed by atoms with E-state index in [0.29, 0.717) is 17.8 Å². The molecule has 3 aromatic rings. The number of hydrogen-bond donors (Lipinski definition) is 1. The molecule has 190 valence electrons. The fourth-order valence-electron chi connectivity index (χ4n) is 6.11. The van der Waals surface area contributed by atoms with Crippen LogP contribution in [0.5, 0.6) is 0 Å². The van der Waals surface area contributed by atoms with E-state index in [1.807, 2.05) is 6.07 Å². The van der Waals surface area contributed by atoms with Crippen LogP contribution in [0.25, 0.3) is 10.1 Å². The molecule has 2 aliphatic heterocycles. The Morgan fingerprint density at radius 3 is 2.69 bits per heavy atom. The lowest BCUT2D eigenvalue weighted by atomic mass is 9.94. The van der Waals surface area contributed by atoms with Gasteiger partial charge in [0, 0.05) is 57.4 Å². The zero-order chi connectivity index (χ0) is 24.8. The van der Waals surface area contributed by atoms with E-state index in [2.05, 4.69) is 25.1 Å². The summed E-state index contributed by atoms with van der Waals surface area (Å²) in [4.78, 5) is 29.2. The predicted molar refractivity (Wildman–Crippen MR) is 143 cm³/mol. The smallest absolute Gasteiger partial charge is 0.263 e. The van der Waals surface area contributed by atoms with Gasteiger partial charge in [0.05, 0.1) is 21.5 Å². The van der Waals surface area contributed by atoms with Crippen molar-refractivity contribution in [1.82, 2.24) is 19.8 Å². The summed E-state index contributed by atoms with van der Waals surface area (Å²) in [5.74, 6) is 0.749. The number of aromatic nitrogens is 2. The van der Waals surface area contributed by atoms with Crippen molar-refractivity contribution < 1.29 is 9.18 Å². The van der Waals surface area contributed by atoms with E-state index < -0.39 is 0 Å². The van der Waals surface area contributed by atoms with Crippen molar-refractivity contribution in [3.63, 3.8) is 0 Å². The lowest BCUT2D eigenvalue weighted by Crippen LogP contribution is -2.50. The molecule has 9 heteroatoms. The highest BCUT2D eigenvalue weighted by molar-refractivity contribution is 7.21. The third-order valence-electron chi connectivity index (χ3n) is 8.00. The van der Waals surface area contributed by atoms with Crippen LogP contribution in [0.2, 0.25) is 0 Å². The van der Waals surface area contributed by atoms with E-state index in [1.54, 1.807) is 37.5 Å². The van der Waals surface area contributed by atoms with Crippen LogP contribution in [0.15, 0.2) is 24.5 Å². The summed E-state index contributed by atoms with van der Waals surface area (Å²) in [7, 11) is 3.59. The monoisotopic (exact) mass is 508 g/mol. The molecule has 7 nitrogen and oxygen atoms in total. The largest absolute Gasteiger partial charge is 0.367 e. The van der Waals surface area contributed by atoms with Crippen LogP contribution in [0.1, 0.15) is 59.7 Å². The van der Waals surface area contributed by atoms with Crippen LogP contribution in [-0.2, 0) is 0 Å². The Hall–Kier alpha value is -2.78. The van der Waals surface area contributed by atoms with Gasteiger partial charge in [-0.1, -0.05) is 12.8 Å². The van der Waals surface area contributed by atoms with Crippen molar-refractivity contribution in [3.8, 4) is 0 Å². The first-order chi connectivity index (χ1) is 17.5. The second kappa shape index (κ2) is 9.59. The summed E-state index contributed by atoms with van der Waals surface area (Å²) in [6, 6.07) is 4.11. The highest BCUT2D eigenvalue weighted by atomic mass is 32.1. The minimum absolute atomic E-state index is 0.0364. The van der Waals surface area contributed by atoms with Gasteiger partial charge in [-0.25, -0.2) is 14.4 Å². The van der Waals surface area contributed by atoms with Gasteiger partial charge in [0.2, 0.25) is 0 Å². The summed E-state index contributed by atoms with van der Waals surface area (Å²) < 4.78 is 16.1. The predicted octanol–water partition coefficient (Wildman–Crippen LogP) is 5.22. The third kappa shape index (κ3) is 4.32. The molecule has 3 aliphatic rings. The Morgan fingerprint density at radius 2 is 1.92 bits per heavy atom. The Kier molecular flexibility index (Phi) is 6.29. The highest BCUT2D eigenvalue weighted by Crippen LogP contribution is 2.44. The number of halogens is 1. The molecule has 0 radical (unpaired) electrons. The normalized spacial score (nSPS) is 20.8. The number of thiophene rings is 1. The molecule has 0 bridgehead atoms. The van der Waals surface area contributed by atoms with Crippen molar-refractivity contribution in [2.75, 3.05) is 50.5 Å². The first kappa shape index (κ1) is 23.6. The summed E-state index contributed by atoms with van der Waals surface area (Å²) in [5.41, 5.74) is 1.97. The van der Waals surface area contributed by atoms with Crippen molar-refractivity contribution in [2.24, 2.45) is 0 Å². The van der Waals surface area contributed by atoms with Crippen molar-refractivity contribution >= 4 is 44.7 Å². The maximum absolute atomic E-state index is 15.2. The first-order valence-corrected chi connectivity index (χ1v) is 13.8. The van der Waals surface area contributed by atoms with Crippen LogP contribution in [0.3, 0.4) is 0 Å². The number of nitrogens with zero attached hydrogens (tertiary/aromatic N) is 5. The number of fused-ring (bicyclic) bond motifs is 2. The number of piperazine rings is 1. The first-order valence-electron chi connectivity index (χ1n) is 13.0. The summed E-state index contributed by atoms with van der Waals surface area (Å²) in [6.45, 7) is 4.04. The van der Waals surface area contributed by atoms with E-state index in [4.69, 9.17) is 0 Å². The van der Waals surface area contributed by atoms with Crippen LogP contribution < -0.4 is 10.2 Å². The van der Waals surface area contributed by atoms with Crippen molar-refractivity contribution in [1.29, 1.82) is 0 Å². The van der Waals surface area contributed by atoms with Crippen LogP contribution >= 0.6 is 11.3 Å². The average molecular weight is 509 g/mol. The topological polar surface area (TPSA) is 64.6 Å². The molecule has 1 N–H and O–H groups in total. The minimum atomic E-state index is -0.381. The fraction of sp³-hybridized carbons (Fsp3) is 0.519. The Balaban J connectivity index is 1.27. The molecule has 6 rings (SSSR count). The van der Waals surface area contributed by atoms with Gasteiger partial charge in [0.15, 0.2) is 11.6 Å². The molecule has 3 fully saturated rings. The Labute approximate surface area is 215 Å². The Morgan fingerprint density at radius 1 is 1.08 bits per heavy atom. The number of carbonyl (C=O) groups is 1. The molecule has 3 aromatic heterocycles. The number of rotatable bonds is 5. The number of carbonyl (C=O) groups excluding carboxylic acids is 1. The van der Waals surface area contributed by atoms with E-state index in [0.717, 1.165) is 58.7 Å². The lowest BCUT2D eigenvalue weighted by Gasteiger charge is -2.38. The standard InChI is InChI=1S/C27H33FN6OS/c1-32(2)27(35)25-24(17-6-3-4-7-17)20-13-23(29-15-22(20)36-25)31-26-21(28)12-19(14-30-26)34-11-10-33-9-5-8-18(33)16-34/h12-15,17-18H,3-11,16H2,1-2H3,(H,29,30,31)/t18-/m0/s1. The lowest BCUT2D eigenvalue weighted by molar-refractivity contribution is 0.0831. The van der Waals surface area contributed by atoms with Crippen molar-refractivity contribution in [2.45, 2.75) is 50.5 Å². The molecular formula is C27H33FN6OS. The van der Waals surface area contributed by atoms with Crippen LogP contribution in [0, 0.1) is 5.82 Å². The molecular weight excluding hydrogens is 475 g/mol. The van der Waals surface area contributed by atoms with E-state index in [1.165, 1.54) is 43.6 Å². The molecule has 2 saturated heterocycles. The number of pyridine rings is 2. The zero-order valence-electron chi connectivity index (χ0n) is 21.0.